The van der Waals surface area contributed by atoms with E-state index in [9.17, 15) is 9.90 Å². The van der Waals surface area contributed by atoms with Gasteiger partial charge in [0.05, 0.1) is 30.9 Å². The number of hydrogen-bond donors (Lipinski definition) is 2. The molecule has 0 spiro atoms. The zero-order valence-electron chi connectivity index (χ0n) is 12.2. The zero-order valence-corrected chi connectivity index (χ0v) is 13.1. The van der Waals surface area contributed by atoms with Crippen molar-refractivity contribution in [1.29, 1.82) is 0 Å². The Kier molecular flexibility index (Phi) is 4.28. The average Bonchev–Trinajstić information content (AvgIpc) is 2.85. The van der Waals surface area contributed by atoms with E-state index in [1.807, 2.05) is 0 Å². The van der Waals surface area contributed by atoms with Crippen molar-refractivity contribution < 1.29 is 19.1 Å². The smallest absolute Gasteiger partial charge is 0.266 e. The number of aliphatic hydroxyl groups excluding tert-OH is 1. The van der Waals surface area contributed by atoms with Gasteiger partial charge in [-0.05, 0) is 43.8 Å². The van der Waals surface area contributed by atoms with E-state index in [-0.39, 0.29) is 16.8 Å². The van der Waals surface area contributed by atoms with Crippen molar-refractivity contribution in [2.75, 3.05) is 19.8 Å². The first-order valence-electron chi connectivity index (χ1n) is 7.24. The van der Waals surface area contributed by atoms with E-state index in [4.69, 9.17) is 21.4 Å². The molecule has 1 aromatic carbocycles. The fourth-order valence-electron chi connectivity index (χ4n) is 2.76. The molecule has 22 heavy (non-hydrogen) atoms. The molecule has 2 atom stereocenters. The first kappa shape index (κ1) is 15.2. The van der Waals surface area contributed by atoms with Crippen LogP contribution in [0.5, 0.6) is 0 Å². The zero-order chi connectivity index (χ0) is 15.7. The highest BCUT2D eigenvalue weighted by atomic mass is 32.1. The summed E-state index contributed by atoms with van der Waals surface area (Å²) in [5, 5.41) is 9.59. The summed E-state index contributed by atoms with van der Waals surface area (Å²) in [6.07, 6.45) is 0.0191. The standard InChI is InChI=1S/C15H18N2O4S/c1-9(18)6-11-8-20-5-4-17(11)14(19)10-2-3-12-13(7-10)21-15(22)16-12/h2-3,7,9,11,18H,4-6,8H2,1H3,(H,16,22)/t9-,11-/m0/s1. The molecule has 1 aromatic heterocycles. The molecule has 0 radical (unpaired) electrons. The maximum atomic E-state index is 12.8. The fourth-order valence-corrected chi connectivity index (χ4v) is 2.96. The Balaban J connectivity index is 1.87. The molecular weight excluding hydrogens is 304 g/mol. The first-order valence-corrected chi connectivity index (χ1v) is 7.65. The van der Waals surface area contributed by atoms with Gasteiger partial charge in [0.15, 0.2) is 5.58 Å². The summed E-state index contributed by atoms with van der Waals surface area (Å²) < 4.78 is 10.8. The number of aliphatic hydroxyl groups is 1. The Morgan fingerprint density at radius 3 is 3.18 bits per heavy atom. The van der Waals surface area contributed by atoms with Crippen LogP contribution in [-0.2, 0) is 4.74 Å². The number of carbonyl (C=O) groups is 1. The Bertz CT molecular complexity index is 736. The quantitative estimate of drug-likeness (QED) is 0.846. The molecule has 7 heteroatoms. The monoisotopic (exact) mass is 322 g/mol. The second-order valence-electron chi connectivity index (χ2n) is 5.54. The van der Waals surface area contributed by atoms with Gasteiger partial charge < -0.3 is 24.1 Å². The average molecular weight is 322 g/mol. The van der Waals surface area contributed by atoms with Gasteiger partial charge in [0.1, 0.15) is 0 Å². The minimum absolute atomic E-state index is 0.0850. The summed E-state index contributed by atoms with van der Waals surface area (Å²) in [5.41, 5.74) is 1.88. The number of fused-ring (bicyclic) bond motifs is 1. The summed E-state index contributed by atoms with van der Waals surface area (Å²) in [6, 6.07) is 5.11. The fraction of sp³-hybridized carbons (Fsp3) is 0.467. The molecule has 6 nitrogen and oxygen atoms in total. The molecule has 2 N–H and O–H groups in total. The molecule has 0 aliphatic carbocycles. The van der Waals surface area contributed by atoms with Crippen LogP contribution in [0.25, 0.3) is 11.1 Å². The molecule has 3 rings (SSSR count). The largest absolute Gasteiger partial charge is 0.429 e. The normalized spacial score (nSPS) is 20.3. The van der Waals surface area contributed by atoms with Crippen molar-refractivity contribution in [2.45, 2.75) is 25.5 Å². The first-order chi connectivity index (χ1) is 10.5. The molecular formula is C15H18N2O4S. The molecule has 1 amide bonds. The molecule has 0 unspecified atom stereocenters. The number of morpholine rings is 1. The number of hydrogen-bond acceptors (Lipinski definition) is 5. The predicted molar refractivity (Wildman–Crippen MR) is 83.3 cm³/mol. The van der Waals surface area contributed by atoms with E-state index in [0.29, 0.717) is 37.3 Å². The van der Waals surface area contributed by atoms with Gasteiger partial charge in [-0.25, -0.2) is 0 Å². The van der Waals surface area contributed by atoms with Crippen LogP contribution in [0.1, 0.15) is 23.7 Å². The number of ether oxygens (including phenoxy) is 1. The van der Waals surface area contributed by atoms with Crippen LogP contribution in [0.4, 0.5) is 0 Å². The van der Waals surface area contributed by atoms with Crippen molar-refractivity contribution in [3.05, 3.63) is 28.6 Å². The second-order valence-corrected chi connectivity index (χ2v) is 5.91. The highest BCUT2D eigenvalue weighted by Crippen LogP contribution is 2.20. The SMILES string of the molecule is C[C@H](O)C[C@H]1COCCN1C(=O)c1ccc2[nH]c(=S)oc2c1. The van der Waals surface area contributed by atoms with Gasteiger partial charge in [-0.2, -0.15) is 0 Å². The lowest BCUT2D eigenvalue weighted by molar-refractivity contribution is -0.0152. The van der Waals surface area contributed by atoms with Crippen molar-refractivity contribution in [3.63, 3.8) is 0 Å². The maximum absolute atomic E-state index is 12.8. The summed E-state index contributed by atoms with van der Waals surface area (Å²) in [5.74, 6) is -0.0850. The van der Waals surface area contributed by atoms with Crippen LogP contribution < -0.4 is 0 Å². The minimum Gasteiger partial charge on any atom is -0.429 e. The van der Waals surface area contributed by atoms with E-state index >= 15 is 0 Å². The van der Waals surface area contributed by atoms with Gasteiger partial charge in [0.25, 0.3) is 10.7 Å². The third-order valence-corrected chi connectivity index (χ3v) is 3.95. The Morgan fingerprint density at radius 2 is 2.41 bits per heavy atom. The summed E-state index contributed by atoms with van der Waals surface area (Å²) in [6.45, 7) is 3.19. The van der Waals surface area contributed by atoms with Crippen LogP contribution in [-0.4, -0.2) is 52.8 Å². The number of benzene rings is 1. The number of rotatable bonds is 3. The molecule has 2 heterocycles. The highest BCUT2D eigenvalue weighted by molar-refractivity contribution is 7.71. The van der Waals surface area contributed by atoms with Crippen molar-refractivity contribution >= 4 is 29.2 Å². The Hall–Kier alpha value is -1.70. The van der Waals surface area contributed by atoms with Crippen LogP contribution in [0.15, 0.2) is 22.6 Å². The number of amides is 1. The Labute approximate surface area is 132 Å². The molecule has 0 bridgehead atoms. The number of carbonyl (C=O) groups excluding carboxylic acids is 1. The molecule has 1 saturated heterocycles. The molecule has 1 aliphatic heterocycles. The van der Waals surface area contributed by atoms with Gasteiger partial charge in [-0.1, -0.05) is 0 Å². The molecule has 118 valence electrons. The molecule has 1 fully saturated rings. The summed E-state index contributed by atoms with van der Waals surface area (Å²) in [4.78, 5) is 17.7. The van der Waals surface area contributed by atoms with Gasteiger partial charge in [-0.15, -0.1) is 0 Å². The van der Waals surface area contributed by atoms with Gasteiger partial charge in [-0.3, -0.25) is 4.79 Å². The number of nitrogens with one attached hydrogen (secondary N) is 1. The number of oxazole rings is 1. The van der Waals surface area contributed by atoms with Gasteiger partial charge in [0.2, 0.25) is 0 Å². The van der Waals surface area contributed by atoms with Crippen LogP contribution >= 0.6 is 12.2 Å². The molecule has 2 aromatic rings. The van der Waals surface area contributed by atoms with Gasteiger partial charge >= 0.3 is 0 Å². The lowest BCUT2D eigenvalue weighted by atomic mass is 10.1. The van der Waals surface area contributed by atoms with E-state index in [2.05, 4.69) is 4.98 Å². The Morgan fingerprint density at radius 1 is 1.59 bits per heavy atom. The predicted octanol–water partition coefficient (Wildman–Crippen LogP) is 2.10. The highest BCUT2D eigenvalue weighted by Gasteiger charge is 2.29. The molecule has 0 saturated carbocycles. The van der Waals surface area contributed by atoms with E-state index in [0.717, 1.165) is 5.52 Å². The van der Waals surface area contributed by atoms with Crippen molar-refractivity contribution in [3.8, 4) is 0 Å². The van der Waals surface area contributed by atoms with Crippen LogP contribution in [0, 0.1) is 4.84 Å². The number of aromatic amines is 1. The van der Waals surface area contributed by atoms with Crippen LogP contribution in [0.2, 0.25) is 0 Å². The van der Waals surface area contributed by atoms with Crippen molar-refractivity contribution in [2.24, 2.45) is 0 Å². The number of aromatic nitrogens is 1. The van der Waals surface area contributed by atoms with E-state index in [1.165, 1.54) is 0 Å². The number of nitrogens with zero attached hydrogens (tertiary/aromatic N) is 1. The summed E-state index contributed by atoms with van der Waals surface area (Å²) >= 11 is 4.95. The van der Waals surface area contributed by atoms with Crippen LogP contribution in [0.3, 0.4) is 0 Å². The second kappa shape index (κ2) is 6.20. The maximum Gasteiger partial charge on any atom is 0.266 e. The van der Waals surface area contributed by atoms with Crippen molar-refractivity contribution in [1.82, 2.24) is 9.88 Å². The third kappa shape index (κ3) is 3.06. The summed E-state index contributed by atoms with van der Waals surface area (Å²) in [7, 11) is 0. The van der Waals surface area contributed by atoms with E-state index < -0.39 is 6.10 Å². The van der Waals surface area contributed by atoms with Gasteiger partial charge in [0, 0.05) is 12.1 Å². The lowest BCUT2D eigenvalue weighted by Crippen LogP contribution is -2.49. The molecule has 1 aliphatic rings. The third-order valence-electron chi connectivity index (χ3n) is 3.77. The minimum atomic E-state index is -0.480. The lowest BCUT2D eigenvalue weighted by Gasteiger charge is -2.36. The number of H-pyrrole nitrogens is 1. The van der Waals surface area contributed by atoms with E-state index in [1.54, 1.807) is 30.0 Å². The topological polar surface area (TPSA) is 78.7 Å².